The second kappa shape index (κ2) is 6.70. The highest BCUT2D eigenvalue weighted by Crippen LogP contribution is 2.05. The molecule has 0 unspecified atom stereocenters. The summed E-state index contributed by atoms with van der Waals surface area (Å²) in [5.74, 6) is 0.797. The lowest BCUT2D eigenvalue weighted by Crippen LogP contribution is -2.25. The molecule has 0 saturated carbocycles. The Balaban J connectivity index is 1.82. The number of nitrogens with one attached hydrogen (secondary N) is 2. The van der Waals surface area contributed by atoms with Gasteiger partial charge in [0.05, 0.1) is 6.61 Å². The molecule has 5 nitrogen and oxygen atoms in total. The number of ether oxygens (including phenoxy) is 1. The summed E-state index contributed by atoms with van der Waals surface area (Å²) in [6, 6.07) is 7.39. The van der Waals surface area contributed by atoms with Gasteiger partial charge < -0.3 is 15.0 Å². The Morgan fingerprint density at radius 2 is 2.16 bits per heavy atom. The highest BCUT2D eigenvalue weighted by Gasteiger charge is 2.05. The first-order valence-electron chi connectivity index (χ1n) is 6.14. The molecule has 0 fully saturated rings. The molecule has 1 heterocycles. The van der Waals surface area contributed by atoms with E-state index in [0.717, 1.165) is 11.4 Å². The number of H-pyrrole nitrogens is 1. The van der Waals surface area contributed by atoms with E-state index < -0.39 is 0 Å². The van der Waals surface area contributed by atoms with E-state index >= 15 is 0 Å². The van der Waals surface area contributed by atoms with Gasteiger partial charge in [-0.25, -0.2) is 4.98 Å². The molecule has 0 aliphatic rings. The van der Waals surface area contributed by atoms with Crippen LogP contribution >= 0.6 is 0 Å². The summed E-state index contributed by atoms with van der Waals surface area (Å²) in [6.45, 7) is 1.12. The SMILES string of the molecule is COCc1ccc(C(=O)NCCc2ncc[nH]2)cc1. The molecule has 1 aromatic heterocycles. The van der Waals surface area contributed by atoms with Gasteiger partial charge in [0.15, 0.2) is 0 Å². The molecule has 2 N–H and O–H groups in total. The fraction of sp³-hybridized carbons (Fsp3) is 0.286. The molecular weight excluding hydrogens is 242 g/mol. The number of aromatic amines is 1. The summed E-state index contributed by atoms with van der Waals surface area (Å²) < 4.78 is 5.02. The van der Waals surface area contributed by atoms with Gasteiger partial charge in [-0.05, 0) is 17.7 Å². The van der Waals surface area contributed by atoms with Gasteiger partial charge in [0.1, 0.15) is 5.82 Å². The van der Waals surface area contributed by atoms with E-state index in [4.69, 9.17) is 4.74 Å². The Morgan fingerprint density at radius 1 is 1.37 bits per heavy atom. The number of carbonyl (C=O) groups excluding carboxylic acids is 1. The van der Waals surface area contributed by atoms with E-state index in [9.17, 15) is 4.79 Å². The molecule has 19 heavy (non-hydrogen) atoms. The van der Waals surface area contributed by atoms with Crippen LogP contribution in [0.2, 0.25) is 0 Å². The van der Waals surface area contributed by atoms with Crippen molar-refractivity contribution in [3.63, 3.8) is 0 Å². The first-order chi connectivity index (χ1) is 9.29. The van der Waals surface area contributed by atoms with Crippen molar-refractivity contribution in [1.29, 1.82) is 0 Å². The van der Waals surface area contributed by atoms with E-state index in [1.165, 1.54) is 0 Å². The second-order valence-electron chi connectivity index (χ2n) is 4.17. The molecule has 5 heteroatoms. The van der Waals surface area contributed by atoms with Crippen LogP contribution in [0.4, 0.5) is 0 Å². The molecule has 1 aromatic carbocycles. The zero-order valence-corrected chi connectivity index (χ0v) is 10.8. The maximum absolute atomic E-state index is 11.9. The molecule has 100 valence electrons. The zero-order valence-electron chi connectivity index (χ0n) is 10.8. The minimum atomic E-state index is -0.0736. The molecule has 0 radical (unpaired) electrons. The first-order valence-corrected chi connectivity index (χ1v) is 6.14. The number of nitrogens with zero attached hydrogens (tertiary/aromatic N) is 1. The Morgan fingerprint density at radius 3 is 2.79 bits per heavy atom. The van der Waals surface area contributed by atoms with Gasteiger partial charge in [-0.15, -0.1) is 0 Å². The number of rotatable bonds is 6. The maximum atomic E-state index is 11.9. The van der Waals surface area contributed by atoms with Gasteiger partial charge in [-0.2, -0.15) is 0 Å². The van der Waals surface area contributed by atoms with E-state index in [0.29, 0.717) is 25.1 Å². The van der Waals surface area contributed by atoms with Crippen LogP contribution in [0.3, 0.4) is 0 Å². The van der Waals surface area contributed by atoms with E-state index in [2.05, 4.69) is 15.3 Å². The maximum Gasteiger partial charge on any atom is 0.251 e. The van der Waals surface area contributed by atoms with Crippen molar-refractivity contribution in [2.45, 2.75) is 13.0 Å². The lowest BCUT2D eigenvalue weighted by Gasteiger charge is -2.05. The third-order valence-corrected chi connectivity index (χ3v) is 2.73. The summed E-state index contributed by atoms with van der Waals surface area (Å²) in [4.78, 5) is 19.0. The third-order valence-electron chi connectivity index (χ3n) is 2.73. The highest BCUT2D eigenvalue weighted by atomic mass is 16.5. The standard InChI is InChI=1S/C14H17N3O2/c1-19-10-11-2-4-12(5-3-11)14(18)17-7-6-13-15-8-9-16-13/h2-5,8-9H,6-7,10H2,1H3,(H,15,16)(H,17,18). The zero-order chi connectivity index (χ0) is 13.5. The average molecular weight is 259 g/mol. The highest BCUT2D eigenvalue weighted by molar-refractivity contribution is 5.94. The van der Waals surface area contributed by atoms with Crippen LogP contribution in [0.1, 0.15) is 21.7 Å². The van der Waals surface area contributed by atoms with Crippen LogP contribution in [0.15, 0.2) is 36.7 Å². The molecule has 0 aliphatic carbocycles. The molecule has 0 bridgehead atoms. The number of methoxy groups -OCH3 is 1. The fourth-order valence-corrected chi connectivity index (χ4v) is 1.75. The van der Waals surface area contributed by atoms with Crippen molar-refractivity contribution in [2.75, 3.05) is 13.7 Å². The van der Waals surface area contributed by atoms with Crippen LogP contribution in [0.25, 0.3) is 0 Å². The summed E-state index contributed by atoms with van der Waals surface area (Å²) in [5.41, 5.74) is 1.70. The van der Waals surface area contributed by atoms with Crippen LogP contribution in [0.5, 0.6) is 0 Å². The van der Waals surface area contributed by atoms with Crippen molar-refractivity contribution in [2.24, 2.45) is 0 Å². The van der Waals surface area contributed by atoms with Crippen LogP contribution in [-0.4, -0.2) is 29.5 Å². The van der Waals surface area contributed by atoms with Gasteiger partial charge in [0.25, 0.3) is 5.91 Å². The largest absolute Gasteiger partial charge is 0.380 e. The smallest absolute Gasteiger partial charge is 0.251 e. The number of benzene rings is 1. The topological polar surface area (TPSA) is 67.0 Å². The Bertz CT molecular complexity index is 506. The summed E-state index contributed by atoms with van der Waals surface area (Å²) in [7, 11) is 1.65. The molecular formula is C14H17N3O2. The Labute approximate surface area is 112 Å². The minimum Gasteiger partial charge on any atom is -0.380 e. The van der Waals surface area contributed by atoms with Crippen molar-refractivity contribution in [3.8, 4) is 0 Å². The predicted octanol–water partition coefficient (Wildman–Crippen LogP) is 1.53. The Hall–Kier alpha value is -2.14. The van der Waals surface area contributed by atoms with Crippen LogP contribution in [-0.2, 0) is 17.8 Å². The number of hydrogen-bond donors (Lipinski definition) is 2. The van der Waals surface area contributed by atoms with E-state index in [1.807, 2.05) is 12.1 Å². The molecule has 0 spiro atoms. The second-order valence-corrected chi connectivity index (χ2v) is 4.17. The van der Waals surface area contributed by atoms with Crippen molar-refractivity contribution < 1.29 is 9.53 Å². The van der Waals surface area contributed by atoms with Gasteiger partial charge in [-0.1, -0.05) is 12.1 Å². The van der Waals surface area contributed by atoms with E-state index in [-0.39, 0.29) is 5.91 Å². The predicted molar refractivity (Wildman–Crippen MR) is 71.8 cm³/mol. The summed E-state index contributed by atoms with van der Waals surface area (Å²) in [5, 5.41) is 2.86. The summed E-state index contributed by atoms with van der Waals surface area (Å²) in [6.07, 6.45) is 4.16. The lowest BCUT2D eigenvalue weighted by molar-refractivity contribution is 0.0954. The number of imidazole rings is 1. The first kappa shape index (κ1) is 13.3. The summed E-state index contributed by atoms with van der Waals surface area (Å²) >= 11 is 0. The molecule has 0 saturated heterocycles. The van der Waals surface area contributed by atoms with Crippen molar-refractivity contribution >= 4 is 5.91 Å². The molecule has 1 amide bonds. The quantitative estimate of drug-likeness (QED) is 0.826. The van der Waals surface area contributed by atoms with Gasteiger partial charge in [0.2, 0.25) is 0 Å². The third kappa shape index (κ3) is 3.93. The van der Waals surface area contributed by atoms with E-state index in [1.54, 1.807) is 31.6 Å². The molecule has 0 atom stereocenters. The van der Waals surface area contributed by atoms with Crippen LogP contribution in [0, 0.1) is 0 Å². The Kier molecular flexibility index (Phi) is 4.69. The average Bonchev–Trinajstić information content (AvgIpc) is 2.93. The monoisotopic (exact) mass is 259 g/mol. The normalized spacial score (nSPS) is 10.4. The number of carbonyl (C=O) groups is 1. The number of hydrogen-bond acceptors (Lipinski definition) is 3. The number of amides is 1. The molecule has 0 aliphatic heterocycles. The minimum absolute atomic E-state index is 0.0736. The van der Waals surface area contributed by atoms with Crippen molar-refractivity contribution in [3.05, 3.63) is 53.6 Å². The molecule has 2 rings (SSSR count). The van der Waals surface area contributed by atoms with Gasteiger partial charge in [0, 0.05) is 38.0 Å². The number of aromatic nitrogens is 2. The van der Waals surface area contributed by atoms with Crippen LogP contribution < -0.4 is 5.32 Å². The lowest BCUT2D eigenvalue weighted by atomic mass is 10.1. The fourth-order valence-electron chi connectivity index (χ4n) is 1.75. The van der Waals surface area contributed by atoms with Gasteiger partial charge in [-0.3, -0.25) is 4.79 Å². The molecule has 2 aromatic rings. The van der Waals surface area contributed by atoms with Gasteiger partial charge >= 0.3 is 0 Å². The van der Waals surface area contributed by atoms with Crippen molar-refractivity contribution in [1.82, 2.24) is 15.3 Å².